The molecule has 1 aliphatic heterocycles. The first kappa shape index (κ1) is 16.2. The van der Waals surface area contributed by atoms with Gasteiger partial charge in [0.15, 0.2) is 5.78 Å². The van der Waals surface area contributed by atoms with E-state index in [1.807, 2.05) is 62.2 Å². The van der Waals surface area contributed by atoms with E-state index in [1.165, 1.54) is 6.07 Å². The molecule has 4 nitrogen and oxygen atoms in total. The fourth-order valence-electron chi connectivity index (χ4n) is 3.72. The number of ketones is 1. The van der Waals surface area contributed by atoms with Crippen molar-refractivity contribution in [1.82, 2.24) is 0 Å². The van der Waals surface area contributed by atoms with Gasteiger partial charge in [-0.2, -0.15) is 0 Å². The number of carboxylic acids is 1. The van der Waals surface area contributed by atoms with Crippen molar-refractivity contribution in [3.63, 3.8) is 0 Å². The number of Topliss-reactive ketones (excluding diaryl/α,β-unsaturated/α-hetero) is 1. The number of carbonyl (C=O) groups excluding carboxylic acids is 1. The van der Waals surface area contributed by atoms with Crippen molar-refractivity contribution >= 4 is 17.4 Å². The lowest BCUT2D eigenvalue weighted by atomic mass is 9.74. The fraction of sp³-hybridized carbons (Fsp3) is 0.300. The summed E-state index contributed by atoms with van der Waals surface area (Å²) < 4.78 is 0. The molecule has 1 heterocycles. The lowest BCUT2D eigenvalue weighted by Crippen LogP contribution is -2.43. The molecule has 2 aromatic carbocycles. The second-order valence-corrected chi connectivity index (χ2v) is 6.61. The van der Waals surface area contributed by atoms with E-state index < -0.39 is 5.97 Å². The molecule has 0 aromatic heterocycles. The Morgan fingerprint density at radius 2 is 1.75 bits per heavy atom. The second kappa shape index (κ2) is 6.11. The molecule has 3 rings (SSSR count). The minimum absolute atomic E-state index is 0.0787. The number of hydrogen-bond donors (Lipinski definition) is 1. The highest BCUT2D eigenvalue weighted by molar-refractivity contribution is 6.12. The third-order valence-corrected chi connectivity index (χ3v) is 4.82. The summed E-state index contributed by atoms with van der Waals surface area (Å²) in [4.78, 5) is 26.8. The van der Waals surface area contributed by atoms with Gasteiger partial charge >= 0.3 is 5.97 Å². The number of carbonyl (C=O) groups is 2. The number of hydrogen-bond acceptors (Lipinski definition) is 3. The molecule has 0 aliphatic carbocycles. The number of aromatic carboxylic acids is 1. The van der Waals surface area contributed by atoms with Crippen molar-refractivity contribution in [2.45, 2.75) is 19.9 Å². The van der Waals surface area contributed by atoms with Crippen LogP contribution in [0.5, 0.6) is 0 Å². The van der Waals surface area contributed by atoms with Crippen molar-refractivity contribution in [1.29, 1.82) is 0 Å². The molecule has 0 spiro atoms. The summed E-state index contributed by atoms with van der Waals surface area (Å²) in [6.07, 6.45) is 0. The van der Waals surface area contributed by atoms with Gasteiger partial charge in [0.2, 0.25) is 0 Å². The predicted molar refractivity (Wildman–Crippen MR) is 93.6 cm³/mol. The van der Waals surface area contributed by atoms with Crippen LogP contribution in [0.4, 0.5) is 5.69 Å². The van der Waals surface area contributed by atoms with Crippen LogP contribution in [-0.4, -0.2) is 23.9 Å². The Morgan fingerprint density at radius 3 is 2.33 bits per heavy atom. The summed E-state index contributed by atoms with van der Waals surface area (Å²) in [6.45, 7) is 4.03. The van der Waals surface area contributed by atoms with Crippen molar-refractivity contribution in [3.8, 4) is 0 Å². The molecular formula is C20H21NO3. The lowest BCUT2D eigenvalue weighted by molar-refractivity contribution is 0.0685. The van der Waals surface area contributed by atoms with Gasteiger partial charge in [0.25, 0.3) is 0 Å². The molecule has 0 saturated carbocycles. The molecule has 2 atom stereocenters. The molecule has 1 N–H and O–H groups in total. The SMILES string of the molecule is CC(C)C1C(=O)c2c(C(=O)O)cccc2N(C)C1c1ccccc1. The van der Waals surface area contributed by atoms with Crippen molar-refractivity contribution in [2.75, 3.05) is 11.9 Å². The highest BCUT2D eigenvalue weighted by atomic mass is 16.4. The first-order valence-corrected chi connectivity index (χ1v) is 8.11. The van der Waals surface area contributed by atoms with E-state index in [0.717, 1.165) is 5.56 Å². The fourth-order valence-corrected chi connectivity index (χ4v) is 3.72. The minimum Gasteiger partial charge on any atom is -0.478 e. The zero-order chi connectivity index (χ0) is 17.4. The van der Waals surface area contributed by atoms with Crippen LogP contribution in [-0.2, 0) is 0 Å². The third-order valence-electron chi connectivity index (χ3n) is 4.82. The molecular weight excluding hydrogens is 302 g/mol. The molecule has 0 radical (unpaired) electrons. The van der Waals surface area contributed by atoms with Crippen LogP contribution in [0.3, 0.4) is 0 Å². The molecule has 0 bridgehead atoms. The van der Waals surface area contributed by atoms with E-state index in [4.69, 9.17) is 0 Å². The van der Waals surface area contributed by atoms with Crippen LogP contribution in [0.25, 0.3) is 0 Å². The molecule has 2 unspecified atom stereocenters. The summed E-state index contributed by atoms with van der Waals surface area (Å²) in [7, 11) is 1.93. The van der Waals surface area contributed by atoms with E-state index >= 15 is 0 Å². The third kappa shape index (κ3) is 2.48. The van der Waals surface area contributed by atoms with Gasteiger partial charge in [-0.1, -0.05) is 50.2 Å². The normalized spacial score (nSPS) is 20.2. The number of anilines is 1. The Balaban J connectivity index is 2.23. The van der Waals surface area contributed by atoms with E-state index in [9.17, 15) is 14.7 Å². The summed E-state index contributed by atoms with van der Waals surface area (Å²) in [5.74, 6) is -1.33. The Bertz CT molecular complexity index is 783. The van der Waals surface area contributed by atoms with Gasteiger partial charge in [-0.05, 0) is 23.6 Å². The van der Waals surface area contributed by atoms with Gasteiger partial charge in [-0.15, -0.1) is 0 Å². The number of fused-ring (bicyclic) bond motifs is 1. The highest BCUT2D eigenvalue weighted by Gasteiger charge is 2.42. The smallest absolute Gasteiger partial charge is 0.336 e. The lowest BCUT2D eigenvalue weighted by Gasteiger charge is -2.43. The average molecular weight is 323 g/mol. The quantitative estimate of drug-likeness (QED) is 0.926. The molecule has 0 fully saturated rings. The van der Waals surface area contributed by atoms with Gasteiger partial charge in [0.05, 0.1) is 17.2 Å². The number of rotatable bonds is 3. The van der Waals surface area contributed by atoms with Gasteiger partial charge < -0.3 is 10.0 Å². The predicted octanol–water partition coefficient (Wildman–Crippen LogP) is 4.03. The molecule has 2 aromatic rings. The van der Waals surface area contributed by atoms with Crippen LogP contribution in [0.15, 0.2) is 48.5 Å². The molecule has 0 saturated heterocycles. The zero-order valence-electron chi connectivity index (χ0n) is 14.1. The van der Waals surface area contributed by atoms with Crippen molar-refractivity contribution in [2.24, 2.45) is 11.8 Å². The van der Waals surface area contributed by atoms with Crippen LogP contribution in [0, 0.1) is 11.8 Å². The monoisotopic (exact) mass is 323 g/mol. The first-order valence-electron chi connectivity index (χ1n) is 8.11. The maximum Gasteiger partial charge on any atom is 0.336 e. The maximum atomic E-state index is 13.2. The van der Waals surface area contributed by atoms with Gasteiger partial charge in [0.1, 0.15) is 0 Å². The Labute approximate surface area is 141 Å². The number of carboxylic acid groups (broad SMARTS) is 1. The van der Waals surface area contributed by atoms with E-state index in [1.54, 1.807) is 6.07 Å². The van der Waals surface area contributed by atoms with E-state index in [2.05, 4.69) is 0 Å². The van der Waals surface area contributed by atoms with Crippen LogP contribution in [0.1, 0.15) is 46.2 Å². The summed E-state index contributed by atoms with van der Waals surface area (Å²) in [6, 6.07) is 14.9. The van der Waals surface area contributed by atoms with Crippen molar-refractivity contribution in [3.05, 3.63) is 65.2 Å². The topological polar surface area (TPSA) is 57.6 Å². The number of nitrogens with zero attached hydrogens (tertiary/aromatic N) is 1. The molecule has 1 aliphatic rings. The second-order valence-electron chi connectivity index (χ2n) is 6.61. The minimum atomic E-state index is -1.06. The van der Waals surface area contributed by atoms with Crippen LogP contribution >= 0.6 is 0 Å². The summed E-state index contributed by atoms with van der Waals surface area (Å²) in [5, 5.41) is 9.48. The van der Waals surface area contributed by atoms with Crippen molar-refractivity contribution < 1.29 is 14.7 Å². The van der Waals surface area contributed by atoms with Gasteiger partial charge in [-0.3, -0.25) is 4.79 Å². The van der Waals surface area contributed by atoms with E-state index in [0.29, 0.717) is 11.3 Å². The maximum absolute atomic E-state index is 13.2. The Morgan fingerprint density at radius 1 is 1.08 bits per heavy atom. The molecule has 4 heteroatoms. The molecule has 24 heavy (non-hydrogen) atoms. The Hall–Kier alpha value is -2.62. The standard InChI is InChI=1S/C20H21NO3/c1-12(2)16-18(13-8-5-4-6-9-13)21(3)15-11-7-10-14(20(23)24)17(15)19(16)22/h4-12,16,18H,1-3H3,(H,23,24). The summed E-state index contributed by atoms with van der Waals surface area (Å²) >= 11 is 0. The van der Waals surface area contributed by atoms with Gasteiger partial charge in [0, 0.05) is 18.7 Å². The zero-order valence-corrected chi connectivity index (χ0v) is 14.1. The Kier molecular flexibility index (Phi) is 4.14. The summed E-state index contributed by atoms with van der Waals surface area (Å²) in [5.41, 5.74) is 2.17. The number of benzene rings is 2. The first-order chi connectivity index (χ1) is 11.4. The molecule has 124 valence electrons. The van der Waals surface area contributed by atoms with Crippen LogP contribution in [0.2, 0.25) is 0 Å². The average Bonchev–Trinajstić information content (AvgIpc) is 2.57. The molecule has 0 amide bonds. The van der Waals surface area contributed by atoms with Crippen LogP contribution < -0.4 is 4.90 Å². The van der Waals surface area contributed by atoms with E-state index in [-0.39, 0.29) is 29.2 Å². The van der Waals surface area contributed by atoms with Gasteiger partial charge in [-0.25, -0.2) is 4.79 Å². The highest BCUT2D eigenvalue weighted by Crippen LogP contribution is 2.44. The largest absolute Gasteiger partial charge is 0.478 e.